The number of nitrogens with zero attached hydrogens (tertiary/aromatic N) is 2. The predicted octanol–water partition coefficient (Wildman–Crippen LogP) is 1.13. The van der Waals surface area contributed by atoms with E-state index >= 15 is 0 Å². The Balaban J connectivity index is 1.72. The minimum absolute atomic E-state index is 0.00600. The number of aliphatic hydroxyl groups excluding tert-OH is 1. The number of pyridine rings is 1. The number of hydrogen-bond donors (Lipinski definition) is 2. The Kier molecular flexibility index (Phi) is 6.70. The van der Waals surface area contributed by atoms with Gasteiger partial charge >= 0.3 is 0 Å². The van der Waals surface area contributed by atoms with E-state index in [0.29, 0.717) is 17.8 Å². The van der Waals surface area contributed by atoms with Crippen molar-refractivity contribution in [3.8, 4) is 0 Å². The van der Waals surface area contributed by atoms with Gasteiger partial charge in [0.25, 0.3) is 0 Å². The highest BCUT2D eigenvalue weighted by Crippen LogP contribution is 2.26. The van der Waals surface area contributed by atoms with E-state index in [1.165, 1.54) is 7.11 Å². The molecule has 0 aliphatic carbocycles. The summed E-state index contributed by atoms with van der Waals surface area (Å²) in [6.07, 6.45) is 2.44. The summed E-state index contributed by atoms with van der Waals surface area (Å²) >= 11 is 0. The number of hydrogen-bond acceptors (Lipinski definition) is 6. The minimum Gasteiger partial charge on any atom is -0.386 e. The molecule has 0 saturated carbocycles. The Morgan fingerprint density at radius 3 is 2.86 bits per heavy atom. The molecular weight excluding hydrogens is 362 g/mol. The Morgan fingerprint density at radius 1 is 1.39 bits per heavy atom. The summed E-state index contributed by atoms with van der Waals surface area (Å²) in [7, 11) is 1.45. The predicted molar refractivity (Wildman–Crippen MR) is 101 cm³/mol. The number of morpholine rings is 1. The molecule has 0 spiro atoms. The summed E-state index contributed by atoms with van der Waals surface area (Å²) in [6.45, 7) is 0.547. The first-order valence-corrected chi connectivity index (χ1v) is 8.91. The molecule has 0 bridgehead atoms. The zero-order valence-electron chi connectivity index (χ0n) is 15.6. The fourth-order valence-corrected chi connectivity index (χ4v) is 3.09. The maximum atomic E-state index is 12.4. The van der Waals surface area contributed by atoms with Crippen LogP contribution in [0.4, 0.5) is 5.69 Å². The second kappa shape index (κ2) is 9.41. The van der Waals surface area contributed by atoms with Gasteiger partial charge in [0.1, 0.15) is 19.3 Å². The minimum atomic E-state index is -0.926. The molecule has 3 rings (SSSR count). The van der Waals surface area contributed by atoms with Crippen molar-refractivity contribution in [2.75, 3.05) is 32.2 Å². The molecule has 2 N–H and O–H groups in total. The van der Waals surface area contributed by atoms with Gasteiger partial charge in [-0.1, -0.05) is 18.2 Å². The number of ether oxygens (including phenoxy) is 2. The second-order valence-electron chi connectivity index (χ2n) is 6.51. The first-order valence-electron chi connectivity index (χ1n) is 8.91. The number of rotatable bonds is 7. The van der Waals surface area contributed by atoms with Gasteiger partial charge in [-0.2, -0.15) is 0 Å². The lowest BCUT2D eigenvalue weighted by Gasteiger charge is -2.38. The third kappa shape index (κ3) is 4.92. The molecule has 2 amide bonds. The van der Waals surface area contributed by atoms with Crippen LogP contribution in [0.2, 0.25) is 0 Å². The van der Waals surface area contributed by atoms with E-state index in [2.05, 4.69) is 10.3 Å². The quantitative estimate of drug-likeness (QED) is 0.741. The highest BCUT2D eigenvalue weighted by atomic mass is 16.5. The van der Waals surface area contributed by atoms with Crippen LogP contribution >= 0.6 is 0 Å². The van der Waals surface area contributed by atoms with Crippen LogP contribution in [-0.4, -0.2) is 59.8 Å². The molecule has 1 saturated heterocycles. The highest BCUT2D eigenvalue weighted by molar-refractivity contribution is 5.91. The van der Waals surface area contributed by atoms with Crippen LogP contribution in [0.15, 0.2) is 48.8 Å². The van der Waals surface area contributed by atoms with Crippen molar-refractivity contribution >= 4 is 17.5 Å². The molecule has 8 nitrogen and oxygen atoms in total. The fourth-order valence-electron chi connectivity index (χ4n) is 3.09. The summed E-state index contributed by atoms with van der Waals surface area (Å²) in [5, 5.41) is 13.6. The largest absolute Gasteiger partial charge is 0.386 e. The van der Waals surface area contributed by atoms with E-state index in [0.717, 1.165) is 5.56 Å². The van der Waals surface area contributed by atoms with Gasteiger partial charge in [-0.05, 0) is 29.3 Å². The van der Waals surface area contributed by atoms with Crippen molar-refractivity contribution in [2.24, 2.45) is 0 Å². The smallest absolute Gasteiger partial charge is 0.250 e. The standard InChI is InChI=1S/C20H23N3O5/c1-27-12-18(24)22-16-6-4-15(5-7-16)20(26)17-11-28-13-19(25)23(17)10-14-3-2-8-21-9-14/h2-9,17,20,26H,10-13H2,1H3,(H,22,24)/t17-,20-/m1/s1. The van der Waals surface area contributed by atoms with Crippen molar-refractivity contribution in [3.05, 3.63) is 59.9 Å². The van der Waals surface area contributed by atoms with E-state index in [4.69, 9.17) is 9.47 Å². The topological polar surface area (TPSA) is 101 Å². The van der Waals surface area contributed by atoms with Crippen molar-refractivity contribution in [1.82, 2.24) is 9.88 Å². The second-order valence-corrected chi connectivity index (χ2v) is 6.51. The van der Waals surface area contributed by atoms with E-state index in [9.17, 15) is 14.7 Å². The van der Waals surface area contributed by atoms with Crippen LogP contribution in [0.25, 0.3) is 0 Å². The summed E-state index contributed by atoms with van der Waals surface area (Å²) in [5.41, 5.74) is 2.11. The first kappa shape index (κ1) is 19.9. The Labute approximate surface area is 163 Å². The number of anilines is 1. The van der Waals surface area contributed by atoms with Gasteiger partial charge in [-0.15, -0.1) is 0 Å². The normalized spacial score (nSPS) is 18.0. The highest BCUT2D eigenvalue weighted by Gasteiger charge is 2.34. The average Bonchev–Trinajstić information content (AvgIpc) is 2.70. The van der Waals surface area contributed by atoms with E-state index in [1.54, 1.807) is 41.6 Å². The van der Waals surface area contributed by atoms with E-state index in [-0.39, 0.29) is 31.6 Å². The molecule has 2 aromatic rings. The zero-order chi connectivity index (χ0) is 19.9. The number of carbonyl (C=O) groups excluding carboxylic acids is 2. The third-order valence-corrected chi connectivity index (χ3v) is 4.49. The molecule has 1 aromatic heterocycles. The number of carbonyl (C=O) groups is 2. The van der Waals surface area contributed by atoms with Gasteiger partial charge in [0.2, 0.25) is 11.8 Å². The van der Waals surface area contributed by atoms with E-state index in [1.807, 2.05) is 12.1 Å². The number of nitrogens with one attached hydrogen (secondary N) is 1. The molecule has 2 atom stereocenters. The Bertz CT molecular complexity index is 797. The van der Waals surface area contributed by atoms with Crippen LogP contribution in [0.3, 0.4) is 0 Å². The van der Waals surface area contributed by atoms with Crippen LogP contribution in [0, 0.1) is 0 Å². The summed E-state index contributed by atoms with van der Waals surface area (Å²) in [4.78, 5) is 29.7. The molecule has 28 heavy (non-hydrogen) atoms. The number of aliphatic hydroxyl groups is 1. The van der Waals surface area contributed by atoms with Crippen LogP contribution in [0.1, 0.15) is 17.2 Å². The average molecular weight is 385 g/mol. The van der Waals surface area contributed by atoms with Crippen LogP contribution < -0.4 is 5.32 Å². The molecule has 0 radical (unpaired) electrons. The zero-order valence-corrected chi connectivity index (χ0v) is 15.6. The maximum absolute atomic E-state index is 12.4. The molecule has 1 aliphatic heterocycles. The van der Waals surface area contributed by atoms with Crippen LogP contribution in [0.5, 0.6) is 0 Å². The van der Waals surface area contributed by atoms with Gasteiger partial charge in [0.05, 0.1) is 12.6 Å². The number of aromatic nitrogens is 1. The lowest BCUT2D eigenvalue weighted by Crippen LogP contribution is -2.51. The molecule has 8 heteroatoms. The van der Waals surface area contributed by atoms with Crippen molar-refractivity contribution in [3.63, 3.8) is 0 Å². The van der Waals surface area contributed by atoms with Crippen molar-refractivity contribution < 1.29 is 24.2 Å². The van der Waals surface area contributed by atoms with Gasteiger partial charge < -0.3 is 24.8 Å². The van der Waals surface area contributed by atoms with Crippen LogP contribution in [-0.2, 0) is 25.6 Å². The van der Waals surface area contributed by atoms with Gasteiger partial charge in [-0.3, -0.25) is 14.6 Å². The summed E-state index contributed by atoms with van der Waals surface area (Å²) in [6, 6.07) is 10.0. The lowest BCUT2D eigenvalue weighted by atomic mass is 9.99. The first-order chi connectivity index (χ1) is 13.6. The van der Waals surface area contributed by atoms with Gasteiger partial charge in [-0.25, -0.2) is 0 Å². The number of methoxy groups -OCH3 is 1. The maximum Gasteiger partial charge on any atom is 0.250 e. The fraction of sp³-hybridized carbons (Fsp3) is 0.350. The van der Waals surface area contributed by atoms with Crippen molar-refractivity contribution in [2.45, 2.75) is 18.7 Å². The number of amides is 2. The molecule has 2 heterocycles. The molecule has 0 unspecified atom stereocenters. The SMILES string of the molecule is COCC(=O)Nc1ccc([C@@H](O)[C@H]2COCC(=O)N2Cc2cccnc2)cc1. The molecular formula is C20H23N3O5. The molecule has 1 fully saturated rings. The summed E-state index contributed by atoms with van der Waals surface area (Å²) < 4.78 is 10.2. The summed E-state index contributed by atoms with van der Waals surface area (Å²) in [5.74, 6) is -0.438. The molecule has 1 aliphatic rings. The molecule has 148 valence electrons. The lowest BCUT2D eigenvalue weighted by molar-refractivity contribution is -0.155. The number of benzene rings is 1. The Hall–Kier alpha value is -2.81. The van der Waals surface area contributed by atoms with Crippen molar-refractivity contribution in [1.29, 1.82) is 0 Å². The van der Waals surface area contributed by atoms with Gasteiger partial charge in [0.15, 0.2) is 0 Å². The third-order valence-electron chi connectivity index (χ3n) is 4.49. The monoisotopic (exact) mass is 385 g/mol. The van der Waals surface area contributed by atoms with E-state index < -0.39 is 12.1 Å². The van der Waals surface area contributed by atoms with Gasteiger partial charge in [0, 0.05) is 31.7 Å². The Morgan fingerprint density at radius 2 is 2.18 bits per heavy atom. The molecule has 1 aromatic carbocycles.